The van der Waals surface area contributed by atoms with E-state index >= 15 is 0 Å². The molecule has 2 aromatic carbocycles. The van der Waals surface area contributed by atoms with Gasteiger partial charge in [0.05, 0.1) is 5.69 Å². The number of carbonyl (C=O) groups excluding carboxylic acids is 1. The van der Waals surface area contributed by atoms with Gasteiger partial charge in [-0.05, 0) is 24.3 Å². The Morgan fingerprint density at radius 3 is 2.74 bits per heavy atom. The molecule has 0 atom stereocenters. The topological polar surface area (TPSA) is 85.8 Å². The number of benzene rings is 2. The number of hydrogen-bond donors (Lipinski definition) is 2. The monoisotopic (exact) mass is 307 g/mol. The average Bonchev–Trinajstić information content (AvgIpc) is 2.55. The van der Waals surface area contributed by atoms with E-state index in [1.54, 1.807) is 30.3 Å². The maximum absolute atomic E-state index is 13.5. The second-order valence-electron chi connectivity index (χ2n) is 4.81. The number of nitrogens with one attached hydrogen (secondary N) is 2. The van der Waals surface area contributed by atoms with Crippen LogP contribution in [-0.4, -0.2) is 10.9 Å². The molecular formula is C17H10FN3O2. The van der Waals surface area contributed by atoms with Crippen LogP contribution in [0.1, 0.15) is 15.9 Å². The molecule has 0 aliphatic carbocycles. The van der Waals surface area contributed by atoms with Crippen molar-refractivity contribution in [3.63, 3.8) is 0 Å². The van der Waals surface area contributed by atoms with Crippen molar-refractivity contribution < 1.29 is 9.18 Å². The van der Waals surface area contributed by atoms with Crippen LogP contribution in [0.25, 0.3) is 10.9 Å². The van der Waals surface area contributed by atoms with Crippen molar-refractivity contribution in [1.82, 2.24) is 4.98 Å². The van der Waals surface area contributed by atoms with Gasteiger partial charge in [0.15, 0.2) is 0 Å². The molecule has 1 heterocycles. The Hall–Kier alpha value is -3.46. The second kappa shape index (κ2) is 5.73. The number of aromatic nitrogens is 1. The van der Waals surface area contributed by atoms with Crippen LogP contribution in [0, 0.1) is 17.1 Å². The summed E-state index contributed by atoms with van der Waals surface area (Å²) >= 11 is 0. The number of halogens is 1. The van der Waals surface area contributed by atoms with Crippen LogP contribution >= 0.6 is 0 Å². The van der Waals surface area contributed by atoms with Gasteiger partial charge in [-0.25, -0.2) is 4.39 Å². The zero-order valence-electron chi connectivity index (χ0n) is 11.8. The smallest absolute Gasteiger partial charge is 0.261 e. The zero-order valence-corrected chi connectivity index (χ0v) is 11.8. The van der Waals surface area contributed by atoms with Crippen LogP contribution in [0.3, 0.4) is 0 Å². The molecule has 1 aromatic heterocycles. The van der Waals surface area contributed by atoms with Gasteiger partial charge in [0.1, 0.15) is 23.0 Å². The summed E-state index contributed by atoms with van der Waals surface area (Å²) in [5.74, 6) is -1.45. The Morgan fingerprint density at radius 1 is 1.17 bits per heavy atom. The Labute approximate surface area is 130 Å². The number of nitriles is 1. The van der Waals surface area contributed by atoms with E-state index in [0.717, 1.165) is 6.07 Å². The normalized spacial score (nSPS) is 10.3. The first-order valence-corrected chi connectivity index (χ1v) is 6.72. The van der Waals surface area contributed by atoms with Gasteiger partial charge in [0, 0.05) is 17.1 Å². The molecule has 0 bridgehead atoms. The van der Waals surface area contributed by atoms with Gasteiger partial charge in [-0.1, -0.05) is 18.2 Å². The van der Waals surface area contributed by atoms with E-state index in [1.807, 2.05) is 0 Å². The molecule has 23 heavy (non-hydrogen) atoms. The first kappa shape index (κ1) is 14.5. The fraction of sp³-hybridized carbons (Fsp3) is 0. The number of aromatic amines is 1. The molecule has 0 saturated carbocycles. The highest BCUT2D eigenvalue weighted by molar-refractivity contribution is 6.06. The Bertz CT molecular complexity index is 1020. The van der Waals surface area contributed by atoms with Crippen LogP contribution in [-0.2, 0) is 0 Å². The molecular weight excluding hydrogens is 297 g/mol. The van der Waals surface area contributed by atoms with Crippen LogP contribution in [0.15, 0.2) is 53.5 Å². The van der Waals surface area contributed by atoms with E-state index < -0.39 is 17.2 Å². The summed E-state index contributed by atoms with van der Waals surface area (Å²) in [6.07, 6.45) is 1.30. The van der Waals surface area contributed by atoms with Crippen LogP contribution in [0.5, 0.6) is 0 Å². The van der Waals surface area contributed by atoms with Gasteiger partial charge in [-0.2, -0.15) is 5.26 Å². The lowest BCUT2D eigenvalue weighted by Gasteiger charge is -2.08. The quantitative estimate of drug-likeness (QED) is 0.763. The molecule has 0 aliphatic heterocycles. The molecule has 112 valence electrons. The van der Waals surface area contributed by atoms with Crippen LogP contribution < -0.4 is 10.7 Å². The molecule has 5 nitrogen and oxygen atoms in total. The van der Waals surface area contributed by atoms with E-state index in [2.05, 4.69) is 10.3 Å². The third-order valence-electron chi connectivity index (χ3n) is 3.41. The maximum Gasteiger partial charge on any atom is 0.261 e. The average molecular weight is 307 g/mol. The summed E-state index contributed by atoms with van der Waals surface area (Å²) < 4.78 is 13.5. The first-order chi connectivity index (χ1) is 11.1. The highest BCUT2D eigenvalue weighted by Gasteiger charge is 2.16. The Kier molecular flexibility index (Phi) is 3.61. The minimum atomic E-state index is -0.738. The molecule has 0 radical (unpaired) electrons. The van der Waals surface area contributed by atoms with Gasteiger partial charge in [-0.15, -0.1) is 0 Å². The third kappa shape index (κ3) is 2.56. The summed E-state index contributed by atoms with van der Waals surface area (Å²) in [6, 6.07) is 12.4. The van der Waals surface area contributed by atoms with E-state index in [-0.39, 0.29) is 16.8 Å². The lowest BCUT2D eigenvalue weighted by molar-refractivity contribution is 0.102. The summed E-state index contributed by atoms with van der Waals surface area (Å²) in [6.45, 7) is 0. The predicted molar refractivity (Wildman–Crippen MR) is 83.6 cm³/mol. The fourth-order valence-electron chi connectivity index (χ4n) is 2.27. The highest BCUT2D eigenvalue weighted by Crippen LogP contribution is 2.18. The largest absolute Gasteiger partial charge is 0.360 e. The number of amides is 1. The lowest BCUT2D eigenvalue weighted by Crippen LogP contribution is -2.22. The third-order valence-corrected chi connectivity index (χ3v) is 3.41. The maximum atomic E-state index is 13.5. The van der Waals surface area contributed by atoms with Gasteiger partial charge in [0.25, 0.3) is 5.91 Å². The Morgan fingerprint density at radius 2 is 1.96 bits per heavy atom. The zero-order chi connectivity index (χ0) is 16.4. The molecule has 2 N–H and O–H groups in total. The summed E-state index contributed by atoms with van der Waals surface area (Å²) in [4.78, 5) is 27.5. The molecule has 3 rings (SSSR count). The molecule has 0 unspecified atom stereocenters. The number of fused-ring (bicyclic) bond motifs is 1. The molecule has 1 amide bonds. The molecule has 0 saturated heterocycles. The number of hydrogen-bond acceptors (Lipinski definition) is 3. The number of rotatable bonds is 2. The molecule has 6 heteroatoms. The second-order valence-corrected chi connectivity index (χ2v) is 4.81. The number of anilines is 1. The van der Waals surface area contributed by atoms with Gasteiger partial charge >= 0.3 is 0 Å². The molecule has 0 aliphatic rings. The van der Waals surface area contributed by atoms with Crippen LogP contribution in [0.2, 0.25) is 0 Å². The number of pyridine rings is 1. The lowest BCUT2D eigenvalue weighted by atomic mass is 10.1. The number of H-pyrrole nitrogens is 1. The fourth-order valence-corrected chi connectivity index (χ4v) is 2.27. The van der Waals surface area contributed by atoms with E-state index in [9.17, 15) is 14.0 Å². The van der Waals surface area contributed by atoms with Crippen molar-refractivity contribution in [2.24, 2.45) is 0 Å². The number of nitrogens with zero attached hydrogens (tertiary/aromatic N) is 1. The number of para-hydroxylation sites is 1. The first-order valence-electron chi connectivity index (χ1n) is 6.72. The summed E-state index contributed by atoms with van der Waals surface area (Å²) in [5.41, 5.74) is -0.204. The minimum Gasteiger partial charge on any atom is -0.360 e. The van der Waals surface area contributed by atoms with Crippen molar-refractivity contribution >= 4 is 22.5 Å². The molecule has 3 aromatic rings. The van der Waals surface area contributed by atoms with Crippen molar-refractivity contribution in [1.29, 1.82) is 5.26 Å². The highest BCUT2D eigenvalue weighted by atomic mass is 19.1. The predicted octanol–water partition coefficient (Wildman–Crippen LogP) is 2.79. The van der Waals surface area contributed by atoms with E-state index in [4.69, 9.17) is 5.26 Å². The Balaban J connectivity index is 2.03. The standard InChI is InChI=1S/C17H10FN3O2/c18-13-5-3-7-15(11(13)8-19)21-17(23)12-9-20-14-6-2-1-4-10(14)16(12)22/h1-7,9H,(H,20,22)(H,21,23). The van der Waals surface area contributed by atoms with Crippen LogP contribution in [0.4, 0.5) is 10.1 Å². The van der Waals surface area contributed by atoms with Gasteiger partial charge in [-0.3, -0.25) is 9.59 Å². The van der Waals surface area contributed by atoms with Crippen molar-refractivity contribution in [3.8, 4) is 6.07 Å². The SMILES string of the molecule is N#Cc1c(F)cccc1NC(=O)c1c[nH]c2ccccc2c1=O. The summed E-state index contributed by atoms with van der Waals surface area (Å²) in [7, 11) is 0. The summed E-state index contributed by atoms with van der Waals surface area (Å²) in [5, 5.41) is 11.7. The van der Waals surface area contributed by atoms with Crippen molar-refractivity contribution in [2.75, 3.05) is 5.32 Å². The molecule has 0 spiro atoms. The minimum absolute atomic E-state index is 0.0186. The van der Waals surface area contributed by atoms with Gasteiger partial charge < -0.3 is 10.3 Å². The molecule has 0 fully saturated rings. The number of carbonyl (C=O) groups is 1. The van der Waals surface area contributed by atoms with E-state index in [1.165, 1.54) is 18.3 Å². The van der Waals surface area contributed by atoms with Gasteiger partial charge in [0.2, 0.25) is 5.43 Å². The van der Waals surface area contributed by atoms with Crippen molar-refractivity contribution in [2.45, 2.75) is 0 Å². The van der Waals surface area contributed by atoms with E-state index in [0.29, 0.717) is 10.9 Å². The van der Waals surface area contributed by atoms with Crippen molar-refractivity contribution in [3.05, 3.63) is 75.8 Å².